The Bertz CT molecular complexity index is 1050. The maximum absolute atomic E-state index is 13.0. The fourth-order valence-corrected chi connectivity index (χ4v) is 5.32. The van der Waals surface area contributed by atoms with Crippen molar-refractivity contribution in [2.24, 2.45) is 0 Å². The van der Waals surface area contributed by atoms with E-state index in [9.17, 15) is 13.2 Å². The van der Waals surface area contributed by atoms with E-state index in [2.05, 4.69) is 11.8 Å². The lowest BCUT2D eigenvalue weighted by atomic mass is 10.0. The van der Waals surface area contributed by atoms with Gasteiger partial charge < -0.3 is 14.4 Å². The highest BCUT2D eigenvalue weighted by Crippen LogP contribution is 2.29. The van der Waals surface area contributed by atoms with Gasteiger partial charge in [0, 0.05) is 32.2 Å². The van der Waals surface area contributed by atoms with Gasteiger partial charge in [0.05, 0.1) is 16.9 Å². The number of amides is 1. The van der Waals surface area contributed by atoms with Crippen molar-refractivity contribution < 1.29 is 22.7 Å². The molecule has 7 nitrogen and oxygen atoms in total. The lowest BCUT2D eigenvalue weighted by molar-refractivity contribution is 0.00998. The predicted molar refractivity (Wildman–Crippen MR) is 127 cm³/mol. The quantitative estimate of drug-likeness (QED) is 0.612. The van der Waals surface area contributed by atoms with Gasteiger partial charge in [-0.3, -0.25) is 4.90 Å². The average molecular weight is 475 g/mol. The lowest BCUT2D eigenvalue weighted by Gasteiger charge is -2.39. The van der Waals surface area contributed by atoms with Gasteiger partial charge in [0.25, 0.3) is 0 Å². The van der Waals surface area contributed by atoms with Crippen LogP contribution in [0.5, 0.6) is 5.75 Å². The molecule has 0 radical (unpaired) electrons. The second kappa shape index (κ2) is 10.1. The largest absolute Gasteiger partial charge is 0.497 e. The van der Waals surface area contributed by atoms with Crippen LogP contribution in [0.2, 0.25) is 0 Å². The molecule has 2 aromatic carbocycles. The second-order valence-corrected chi connectivity index (χ2v) is 11.1. The zero-order valence-corrected chi connectivity index (χ0v) is 20.9. The molecule has 0 N–H and O–H groups in total. The fraction of sp³-hybridized carbons (Fsp3) is 0.480. The van der Waals surface area contributed by atoms with Gasteiger partial charge in [-0.1, -0.05) is 25.1 Å². The minimum absolute atomic E-state index is 0.152. The summed E-state index contributed by atoms with van der Waals surface area (Å²) in [5.74, 6) is 0.504. The standard InChI is InChI=1S/C25H34N2O5S/c1-6-23(26-14-16-27(17-15-26)24(28)32-25(2,3)4)19-10-12-21(13-11-19)33(29,30)22-9-7-8-20(18-22)31-5/h7-13,18,23H,6,14-17H2,1-5H3. The minimum Gasteiger partial charge on any atom is -0.497 e. The first-order valence-corrected chi connectivity index (χ1v) is 12.7. The average Bonchev–Trinajstić information content (AvgIpc) is 2.79. The van der Waals surface area contributed by atoms with Gasteiger partial charge in [-0.15, -0.1) is 0 Å². The molecule has 8 heteroatoms. The van der Waals surface area contributed by atoms with E-state index in [0.29, 0.717) is 18.8 Å². The van der Waals surface area contributed by atoms with E-state index in [1.807, 2.05) is 32.9 Å². The first-order valence-electron chi connectivity index (χ1n) is 11.3. The summed E-state index contributed by atoms with van der Waals surface area (Å²) in [7, 11) is -2.12. The van der Waals surface area contributed by atoms with Crippen LogP contribution in [0.15, 0.2) is 58.3 Å². The maximum atomic E-state index is 13.0. The fourth-order valence-electron chi connectivity index (χ4n) is 4.02. The van der Waals surface area contributed by atoms with Gasteiger partial charge in [0.15, 0.2) is 0 Å². The predicted octanol–water partition coefficient (Wildman–Crippen LogP) is 4.53. The summed E-state index contributed by atoms with van der Waals surface area (Å²) in [6.45, 7) is 10.4. The van der Waals surface area contributed by atoms with Crippen LogP contribution in [-0.2, 0) is 14.6 Å². The zero-order valence-electron chi connectivity index (χ0n) is 20.1. The third kappa shape index (κ3) is 6.06. The van der Waals surface area contributed by atoms with Gasteiger partial charge in [0.1, 0.15) is 11.4 Å². The van der Waals surface area contributed by atoms with Crippen molar-refractivity contribution in [3.63, 3.8) is 0 Å². The van der Waals surface area contributed by atoms with Crippen molar-refractivity contribution in [1.82, 2.24) is 9.80 Å². The molecule has 2 aromatic rings. The Morgan fingerprint density at radius 2 is 1.64 bits per heavy atom. The van der Waals surface area contributed by atoms with Gasteiger partial charge in [-0.25, -0.2) is 13.2 Å². The highest BCUT2D eigenvalue weighted by Gasteiger charge is 2.29. The Morgan fingerprint density at radius 3 is 2.18 bits per heavy atom. The van der Waals surface area contributed by atoms with Crippen molar-refractivity contribution in [3.8, 4) is 5.75 Å². The Labute approximate surface area is 197 Å². The van der Waals surface area contributed by atoms with Crippen LogP contribution < -0.4 is 4.74 Å². The zero-order chi connectivity index (χ0) is 24.2. The molecule has 1 atom stereocenters. The summed E-state index contributed by atoms with van der Waals surface area (Å²) in [5.41, 5.74) is 0.556. The third-order valence-electron chi connectivity index (χ3n) is 5.72. The van der Waals surface area contributed by atoms with Crippen LogP contribution in [0.1, 0.15) is 45.7 Å². The second-order valence-electron chi connectivity index (χ2n) is 9.18. The minimum atomic E-state index is -3.63. The highest BCUT2D eigenvalue weighted by atomic mass is 32.2. The Hall–Kier alpha value is -2.58. The molecule has 1 heterocycles. The van der Waals surface area contributed by atoms with E-state index >= 15 is 0 Å². The smallest absolute Gasteiger partial charge is 0.410 e. The molecule has 0 saturated carbocycles. The van der Waals surface area contributed by atoms with Crippen LogP contribution >= 0.6 is 0 Å². The number of nitrogens with zero attached hydrogens (tertiary/aromatic N) is 2. The molecule has 1 aliphatic heterocycles. The summed E-state index contributed by atoms with van der Waals surface area (Å²) in [4.78, 5) is 16.9. The number of hydrogen-bond donors (Lipinski definition) is 0. The van der Waals surface area contributed by atoms with E-state index in [4.69, 9.17) is 9.47 Å². The highest BCUT2D eigenvalue weighted by molar-refractivity contribution is 7.91. The van der Waals surface area contributed by atoms with Gasteiger partial charge >= 0.3 is 6.09 Å². The van der Waals surface area contributed by atoms with Crippen molar-refractivity contribution >= 4 is 15.9 Å². The molecule has 0 aromatic heterocycles. The van der Waals surface area contributed by atoms with Gasteiger partial charge in [-0.05, 0) is 63.1 Å². The van der Waals surface area contributed by atoms with E-state index in [-0.39, 0.29) is 21.9 Å². The number of ether oxygens (including phenoxy) is 2. The Morgan fingerprint density at radius 1 is 1.00 bits per heavy atom. The maximum Gasteiger partial charge on any atom is 0.410 e. The Balaban J connectivity index is 1.70. The third-order valence-corrected chi connectivity index (χ3v) is 7.49. The van der Waals surface area contributed by atoms with Crippen LogP contribution in [-0.4, -0.2) is 63.2 Å². The number of sulfone groups is 1. The van der Waals surface area contributed by atoms with Crippen LogP contribution in [0.3, 0.4) is 0 Å². The van der Waals surface area contributed by atoms with Gasteiger partial charge in [0.2, 0.25) is 9.84 Å². The van der Waals surface area contributed by atoms with Crippen molar-refractivity contribution in [2.45, 2.75) is 55.5 Å². The lowest BCUT2D eigenvalue weighted by Crippen LogP contribution is -2.50. The van der Waals surface area contributed by atoms with Crippen LogP contribution in [0.25, 0.3) is 0 Å². The summed E-state index contributed by atoms with van der Waals surface area (Å²) < 4.78 is 36.7. The number of benzene rings is 2. The topological polar surface area (TPSA) is 76.2 Å². The molecule has 0 spiro atoms. The molecule has 1 aliphatic rings. The summed E-state index contributed by atoms with van der Waals surface area (Å²) in [6.07, 6.45) is 0.608. The SMILES string of the molecule is CCC(c1ccc(S(=O)(=O)c2cccc(OC)c2)cc1)N1CCN(C(=O)OC(C)(C)C)CC1. The first kappa shape index (κ1) is 25.1. The summed E-state index contributed by atoms with van der Waals surface area (Å²) >= 11 is 0. The normalized spacial score (nSPS) is 16.3. The molecule has 1 fully saturated rings. The van der Waals surface area contributed by atoms with Crippen LogP contribution in [0.4, 0.5) is 4.79 Å². The molecule has 3 rings (SSSR count). The number of hydrogen-bond acceptors (Lipinski definition) is 6. The molecule has 0 aliphatic carbocycles. The Kier molecular flexibility index (Phi) is 7.69. The van der Waals surface area contributed by atoms with Crippen molar-refractivity contribution in [2.75, 3.05) is 33.3 Å². The molecule has 1 unspecified atom stereocenters. The van der Waals surface area contributed by atoms with E-state index in [1.54, 1.807) is 35.2 Å². The van der Waals surface area contributed by atoms with E-state index in [0.717, 1.165) is 25.1 Å². The molecular weight excluding hydrogens is 440 g/mol. The number of carbonyl (C=O) groups excluding carboxylic acids is 1. The van der Waals surface area contributed by atoms with Crippen molar-refractivity contribution in [3.05, 3.63) is 54.1 Å². The van der Waals surface area contributed by atoms with E-state index < -0.39 is 15.4 Å². The molecular formula is C25H34N2O5S. The van der Waals surface area contributed by atoms with E-state index in [1.165, 1.54) is 13.2 Å². The van der Waals surface area contributed by atoms with Gasteiger partial charge in [-0.2, -0.15) is 0 Å². The monoisotopic (exact) mass is 474 g/mol. The number of methoxy groups -OCH3 is 1. The molecule has 1 saturated heterocycles. The summed E-state index contributed by atoms with van der Waals surface area (Å²) in [5, 5.41) is 0. The number of rotatable bonds is 6. The first-order chi connectivity index (χ1) is 15.5. The molecule has 1 amide bonds. The van der Waals surface area contributed by atoms with Crippen LogP contribution in [0, 0.1) is 0 Å². The molecule has 180 valence electrons. The van der Waals surface area contributed by atoms with Crippen molar-refractivity contribution in [1.29, 1.82) is 0 Å². The molecule has 33 heavy (non-hydrogen) atoms. The number of piperazine rings is 1. The number of carbonyl (C=O) groups is 1. The molecule has 0 bridgehead atoms. The summed E-state index contributed by atoms with van der Waals surface area (Å²) in [6, 6.07) is 13.8.